The van der Waals surface area contributed by atoms with Gasteiger partial charge in [0.1, 0.15) is 12.2 Å². The second-order valence-corrected chi connectivity index (χ2v) is 13.6. The van der Waals surface area contributed by atoms with Crippen LogP contribution in [-0.2, 0) is 4.79 Å². The standard InChI is InChI=1S/C39H77NO5/c1-3-5-7-9-11-13-15-17-19-21-22-24-26-28-30-32-36(42)38(44)35(34-41)40-39(45)37(43)33-31-29-27-25-23-20-18-16-14-12-10-8-6-4-2/h14,16,35-38,41-44H,3-13,15,17-34H2,1-2H3,(H,40,45)/b16-14-. The normalized spacial score (nSPS) is 14.5. The van der Waals surface area contributed by atoms with Crippen LogP contribution in [0, 0.1) is 0 Å². The van der Waals surface area contributed by atoms with E-state index in [2.05, 4.69) is 31.3 Å². The Balaban J connectivity index is 3.79. The molecule has 0 fully saturated rings. The molecule has 4 unspecified atom stereocenters. The fourth-order valence-corrected chi connectivity index (χ4v) is 6.04. The van der Waals surface area contributed by atoms with Crippen LogP contribution in [0.25, 0.3) is 0 Å². The molecule has 0 saturated carbocycles. The first-order valence-corrected chi connectivity index (χ1v) is 19.6. The number of nitrogens with one attached hydrogen (secondary N) is 1. The second kappa shape index (κ2) is 34.4. The molecule has 6 nitrogen and oxygen atoms in total. The van der Waals surface area contributed by atoms with Crippen molar-refractivity contribution < 1.29 is 25.2 Å². The lowest BCUT2D eigenvalue weighted by atomic mass is 9.99. The Kier molecular flexibility index (Phi) is 33.7. The fraction of sp³-hybridized carbons (Fsp3) is 0.923. The van der Waals surface area contributed by atoms with Gasteiger partial charge in [-0.25, -0.2) is 0 Å². The van der Waals surface area contributed by atoms with Crippen LogP contribution in [0.2, 0.25) is 0 Å². The predicted molar refractivity (Wildman–Crippen MR) is 191 cm³/mol. The molecule has 1 amide bonds. The van der Waals surface area contributed by atoms with Crippen LogP contribution in [0.15, 0.2) is 12.2 Å². The molecule has 0 aliphatic heterocycles. The molecule has 0 heterocycles. The van der Waals surface area contributed by atoms with Gasteiger partial charge in [0.2, 0.25) is 5.91 Å². The van der Waals surface area contributed by atoms with Gasteiger partial charge >= 0.3 is 0 Å². The summed E-state index contributed by atoms with van der Waals surface area (Å²) in [4.78, 5) is 12.4. The smallest absolute Gasteiger partial charge is 0.249 e. The van der Waals surface area contributed by atoms with E-state index in [4.69, 9.17) is 0 Å². The van der Waals surface area contributed by atoms with Crippen molar-refractivity contribution in [3.05, 3.63) is 12.2 Å². The quantitative estimate of drug-likeness (QED) is 0.0350. The molecular formula is C39H77NO5. The third kappa shape index (κ3) is 29.0. The Morgan fingerprint density at radius 1 is 0.533 bits per heavy atom. The largest absolute Gasteiger partial charge is 0.394 e. The molecule has 0 bridgehead atoms. The predicted octanol–water partition coefficient (Wildman–Crippen LogP) is 9.46. The van der Waals surface area contributed by atoms with E-state index < -0.39 is 36.9 Å². The van der Waals surface area contributed by atoms with Crippen LogP contribution in [0.4, 0.5) is 0 Å². The Morgan fingerprint density at radius 2 is 0.889 bits per heavy atom. The zero-order valence-corrected chi connectivity index (χ0v) is 29.9. The van der Waals surface area contributed by atoms with Gasteiger partial charge in [-0.1, -0.05) is 174 Å². The number of aliphatic hydroxyl groups excluding tert-OH is 4. The van der Waals surface area contributed by atoms with Crippen LogP contribution >= 0.6 is 0 Å². The summed E-state index contributed by atoms with van der Waals surface area (Å²) in [6.07, 6.45) is 35.1. The van der Waals surface area contributed by atoms with Crippen LogP contribution in [0.1, 0.15) is 200 Å². The Morgan fingerprint density at radius 3 is 1.31 bits per heavy atom. The van der Waals surface area contributed by atoms with Gasteiger partial charge in [0, 0.05) is 0 Å². The molecule has 6 heteroatoms. The summed E-state index contributed by atoms with van der Waals surface area (Å²) < 4.78 is 0. The second-order valence-electron chi connectivity index (χ2n) is 13.6. The highest BCUT2D eigenvalue weighted by Crippen LogP contribution is 2.16. The molecule has 5 N–H and O–H groups in total. The maximum Gasteiger partial charge on any atom is 0.249 e. The first-order valence-electron chi connectivity index (χ1n) is 19.6. The number of unbranched alkanes of at least 4 members (excludes halogenated alkanes) is 24. The van der Waals surface area contributed by atoms with Crippen molar-refractivity contribution in [3.8, 4) is 0 Å². The molecule has 268 valence electrons. The van der Waals surface area contributed by atoms with E-state index >= 15 is 0 Å². The molecule has 0 aliphatic carbocycles. The number of carbonyl (C=O) groups excluding carboxylic acids is 1. The Bertz CT molecular complexity index is 643. The van der Waals surface area contributed by atoms with E-state index in [1.165, 1.54) is 128 Å². The molecule has 0 saturated heterocycles. The van der Waals surface area contributed by atoms with Crippen molar-refractivity contribution in [3.63, 3.8) is 0 Å². The minimum absolute atomic E-state index is 0.364. The van der Waals surface area contributed by atoms with Crippen molar-refractivity contribution in [2.24, 2.45) is 0 Å². The van der Waals surface area contributed by atoms with Crippen molar-refractivity contribution in [2.75, 3.05) is 6.61 Å². The van der Waals surface area contributed by atoms with Gasteiger partial charge in [0.25, 0.3) is 0 Å². The molecule has 0 spiro atoms. The maximum atomic E-state index is 12.4. The van der Waals surface area contributed by atoms with Gasteiger partial charge in [-0.2, -0.15) is 0 Å². The maximum absolute atomic E-state index is 12.4. The van der Waals surface area contributed by atoms with Crippen molar-refractivity contribution >= 4 is 5.91 Å². The molecular weight excluding hydrogens is 562 g/mol. The average molecular weight is 640 g/mol. The van der Waals surface area contributed by atoms with Crippen LogP contribution in [0.5, 0.6) is 0 Å². The summed E-state index contributed by atoms with van der Waals surface area (Å²) in [7, 11) is 0. The van der Waals surface area contributed by atoms with Crippen LogP contribution in [-0.4, -0.2) is 57.3 Å². The SMILES string of the molecule is CCCCCC/C=C\CCCCCCCCC(O)C(=O)NC(CO)C(O)C(O)CCCCCCCCCCCCCCCCC. The van der Waals surface area contributed by atoms with Crippen molar-refractivity contribution in [1.29, 1.82) is 0 Å². The molecule has 45 heavy (non-hydrogen) atoms. The third-order valence-corrected chi connectivity index (χ3v) is 9.23. The molecule has 4 atom stereocenters. The highest BCUT2D eigenvalue weighted by atomic mass is 16.3. The fourth-order valence-electron chi connectivity index (χ4n) is 6.04. The van der Waals surface area contributed by atoms with Gasteiger partial charge in [-0.3, -0.25) is 4.79 Å². The minimum atomic E-state index is -1.26. The topological polar surface area (TPSA) is 110 Å². The molecule has 0 rings (SSSR count). The zero-order chi connectivity index (χ0) is 33.2. The summed E-state index contributed by atoms with van der Waals surface area (Å²) >= 11 is 0. The summed E-state index contributed by atoms with van der Waals surface area (Å²) in [5.41, 5.74) is 0. The number of allylic oxidation sites excluding steroid dienone is 2. The molecule has 0 aromatic carbocycles. The number of amides is 1. The van der Waals surface area contributed by atoms with Crippen molar-refractivity contribution in [2.45, 2.75) is 224 Å². The molecule has 0 aliphatic rings. The number of hydrogen-bond acceptors (Lipinski definition) is 5. The van der Waals surface area contributed by atoms with Crippen LogP contribution in [0.3, 0.4) is 0 Å². The van der Waals surface area contributed by atoms with Gasteiger partial charge in [0.15, 0.2) is 0 Å². The molecule has 0 aromatic heterocycles. The van der Waals surface area contributed by atoms with E-state index in [1.807, 2.05) is 0 Å². The number of carbonyl (C=O) groups is 1. The summed E-state index contributed by atoms with van der Waals surface area (Å²) in [6.45, 7) is 4.02. The van der Waals surface area contributed by atoms with E-state index in [9.17, 15) is 25.2 Å². The van der Waals surface area contributed by atoms with Gasteiger partial charge in [-0.05, 0) is 38.5 Å². The number of hydrogen-bond donors (Lipinski definition) is 5. The van der Waals surface area contributed by atoms with Gasteiger partial charge in [-0.15, -0.1) is 0 Å². The lowest BCUT2D eigenvalue weighted by Gasteiger charge is -2.27. The molecule has 0 radical (unpaired) electrons. The average Bonchev–Trinajstić information content (AvgIpc) is 3.04. The Labute approximate surface area is 279 Å². The number of rotatable bonds is 35. The van der Waals surface area contributed by atoms with E-state index in [0.717, 1.165) is 44.9 Å². The summed E-state index contributed by atoms with van der Waals surface area (Å²) in [5.74, 6) is -0.589. The minimum Gasteiger partial charge on any atom is -0.394 e. The van der Waals surface area contributed by atoms with Gasteiger partial charge < -0.3 is 25.7 Å². The lowest BCUT2D eigenvalue weighted by molar-refractivity contribution is -0.132. The number of aliphatic hydroxyl groups is 4. The molecule has 0 aromatic rings. The van der Waals surface area contributed by atoms with E-state index in [1.54, 1.807) is 0 Å². The van der Waals surface area contributed by atoms with Crippen LogP contribution < -0.4 is 5.32 Å². The zero-order valence-electron chi connectivity index (χ0n) is 29.9. The third-order valence-electron chi connectivity index (χ3n) is 9.23. The highest BCUT2D eigenvalue weighted by Gasteiger charge is 2.28. The summed E-state index contributed by atoms with van der Waals surface area (Å²) in [6, 6.07) is -0.983. The van der Waals surface area contributed by atoms with E-state index in [0.29, 0.717) is 12.8 Å². The van der Waals surface area contributed by atoms with E-state index in [-0.39, 0.29) is 0 Å². The first kappa shape index (κ1) is 44.0. The van der Waals surface area contributed by atoms with Gasteiger partial charge in [0.05, 0.1) is 18.8 Å². The monoisotopic (exact) mass is 640 g/mol. The van der Waals surface area contributed by atoms with Crippen molar-refractivity contribution in [1.82, 2.24) is 5.32 Å². The Hall–Kier alpha value is -0.950. The lowest BCUT2D eigenvalue weighted by Crippen LogP contribution is -2.53. The highest BCUT2D eigenvalue weighted by molar-refractivity contribution is 5.80. The summed E-state index contributed by atoms with van der Waals surface area (Å²) in [5, 5.41) is 43.5. The first-order chi connectivity index (χ1) is 22.0.